The third kappa shape index (κ3) is 4.05. The number of anilines is 1. The van der Waals surface area contributed by atoms with Crippen molar-refractivity contribution in [2.75, 3.05) is 37.0 Å². The van der Waals surface area contributed by atoms with Crippen LogP contribution in [0.3, 0.4) is 0 Å². The number of hydrazine groups is 1. The second-order valence-electron chi connectivity index (χ2n) is 9.14. The lowest BCUT2D eigenvalue weighted by molar-refractivity contribution is -0.139. The molecule has 4 aliphatic rings. The number of morpholine rings is 1. The molecule has 0 aromatic carbocycles. The topological polar surface area (TPSA) is 122 Å². The van der Waals surface area contributed by atoms with Crippen LogP contribution in [0.15, 0.2) is 5.16 Å². The molecule has 5 rings (SSSR count). The SMILES string of the molecule is CC1CCC2(CC1)NC(=O)N(NC(=O)CSc1nnc(N3CCOCC3)n1C1CC1)C2=O. The van der Waals surface area contributed by atoms with Crippen molar-refractivity contribution >= 4 is 35.6 Å². The maximum absolute atomic E-state index is 12.9. The number of ether oxygens (including phenoxy) is 1. The van der Waals surface area contributed by atoms with Crippen molar-refractivity contribution in [3.63, 3.8) is 0 Å². The first kappa shape index (κ1) is 21.5. The highest BCUT2D eigenvalue weighted by atomic mass is 32.2. The van der Waals surface area contributed by atoms with E-state index in [4.69, 9.17) is 4.74 Å². The van der Waals surface area contributed by atoms with E-state index >= 15 is 0 Å². The van der Waals surface area contributed by atoms with Gasteiger partial charge in [0.1, 0.15) is 5.54 Å². The summed E-state index contributed by atoms with van der Waals surface area (Å²) in [6, 6.07) is -0.202. The molecule has 1 spiro atoms. The summed E-state index contributed by atoms with van der Waals surface area (Å²) in [7, 11) is 0. The fourth-order valence-electron chi connectivity index (χ4n) is 4.60. The Hall–Kier alpha value is -2.34. The molecule has 2 aliphatic carbocycles. The molecule has 12 heteroatoms. The summed E-state index contributed by atoms with van der Waals surface area (Å²) in [4.78, 5) is 40.1. The van der Waals surface area contributed by atoms with E-state index < -0.39 is 17.5 Å². The molecule has 174 valence electrons. The van der Waals surface area contributed by atoms with Gasteiger partial charge in [-0.05, 0) is 44.4 Å². The van der Waals surface area contributed by atoms with Crippen molar-refractivity contribution in [1.82, 2.24) is 30.5 Å². The molecule has 4 fully saturated rings. The summed E-state index contributed by atoms with van der Waals surface area (Å²) < 4.78 is 7.53. The van der Waals surface area contributed by atoms with Crippen LogP contribution in [0.5, 0.6) is 0 Å². The minimum absolute atomic E-state index is 0.0368. The third-order valence-corrected chi connectivity index (χ3v) is 7.65. The van der Waals surface area contributed by atoms with Crippen molar-refractivity contribution in [3.8, 4) is 0 Å². The predicted molar refractivity (Wildman–Crippen MR) is 116 cm³/mol. The maximum atomic E-state index is 12.9. The number of hydrogen-bond acceptors (Lipinski definition) is 8. The Balaban J connectivity index is 1.21. The molecule has 3 heterocycles. The minimum atomic E-state index is -0.872. The van der Waals surface area contributed by atoms with E-state index in [9.17, 15) is 14.4 Å². The van der Waals surface area contributed by atoms with Gasteiger partial charge in [-0.15, -0.1) is 10.2 Å². The average Bonchev–Trinajstić information content (AvgIpc) is 3.51. The molecule has 0 unspecified atom stereocenters. The van der Waals surface area contributed by atoms with E-state index in [-0.39, 0.29) is 11.7 Å². The first-order valence-corrected chi connectivity index (χ1v) is 12.3. The van der Waals surface area contributed by atoms with E-state index in [0.29, 0.717) is 43.2 Å². The number of amides is 4. The molecule has 2 aliphatic heterocycles. The zero-order valence-electron chi connectivity index (χ0n) is 18.2. The highest BCUT2D eigenvalue weighted by molar-refractivity contribution is 7.99. The van der Waals surface area contributed by atoms with E-state index in [0.717, 1.165) is 49.7 Å². The third-order valence-electron chi connectivity index (χ3n) is 6.71. The van der Waals surface area contributed by atoms with Gasteiger partial charge in [-0.25, -0.2) is 4.79 Å². The monoisotopic (exact) mass is 463 g/mol. The lowest BCUT2D eigenvalue weighted by atomic mass is 9.77. The van der Waals surface area contributed by atoms with Crippen LogP contribution in [0.4, 0.5) is 10.7 Å². The summed E-state index contributed by atoms with van der Waals surface area (Å²) in [5, 5.41) is 13.0. The summed E-state index contributed by atoms with van der Waals surface area (Å²) in [6.07, 6.45) is 5.11. The van der Waals surface area contributed by atoms with Crippen molar-refractivity contribution in [2.45, 2.75) is 62.2 Å². The normalized spacial score (nSPS) is 28.3. The Labute approximate surface area is 190 Å². The molecule has 0 radical (unpaired) electrons. The van der Waals surface area contributed by atoms with Gasteiger partial charge in [0.2, 0.25) is 11.9 Å². The van der Waals surface area contributed by atoms with Gasteiger partial charge in [0.15, 0.2) is 5.16 Å². The van der Waals surface area contributed by atoms with Crippen LogP contribution in [0.1, 0.15) is 51.5 Å². The van der Waals surface area contributed by atoms with Gasteiger partial charge in [-0.2, -0.15) is 5.01 Å². The van der Waals surface area contributed by atoms with Crippen LogP contribution < -0.4 is 15.6 Å². The molecule has 1 aromatic rings. The lowest BCUT2D eigenvalue weighted by Crippen LogP contribution is -2.51. The molecule has 2 N–H and O–H groups in total. The van der Waals surface area contributed by atoms with Gasteiger partial charge in [0, 0.05) is 19.1 Å². The van der Waals surface area contributed by atoms with Crippen molar-refractivity contribution in [2.24, 2.45) is 5.92 Å². The largest absolute Gasteiger partial charge is 0.378 e. The maximum Gasteiger partial charge on any atom is 0.344 e. The zero-order chi connectivity index (χ0) is 22.3. The molecular formula is C20H29N7O4S. The fourth-order valence-corrected chi connectivity index (χ4v) is 5.39. The smallest absolute Gasteiger partial charge is 0.344 e. The minimum Gasteiger partial charge on any atom is -0.378 e. The molecule has 32 heavy (non-hydrogen) atoms. The molecule has 0 bridgehead atoms. The van der Waals surface area contributed by atoms with Gasteiger partial charge in [-0.1, -0.05) is 18.7 Å². The summed E-state index contributed by atoms with van der Waals surface area (Å²) >= 11 is 1.27. The Morgan fingerprint density at radius 3 is 2.59 bits per heavy atom. The average molecular weight is 464 g/mol. The van der Waals surface area contributed by atoms with Gasteiger partial charge < -0.3 is 15.0 Å². The molecule has 0 atom stereocenters. The second-order valence-corrected chi connectivity index (χ2v) is 10.1. The lowest BCUT2D eigenvalue weighted by Gasteiger charge is -2.33. The first-order chi connectivity index (χ1) is 15.5. The second kappa shape index (κ2) is 8.54. The van der Waals surface area contributed by atoms with Crippen LogP contribution >= 0.6 is 11.8 Å². The number of carbonyl (C=O) groups is 3. The molecule has 11 nitrogen and oxygen atoms in total. The van der Waals surface area contributed by atoms with Crippen LogP contribution in [0.25, 0.3) is 0 Å². The van der Waals surface area contributed by atoms with Crippen LogP contribution in [-0.4, -0.2) is 75.2 Å². The van der Waals surface area contributed by atoms with Crippen LogP contribution in [0.2, 0.25) is 0 Å². The Kier molecular flexibility index (Phi) is 5.74. The fraction of sp³-hybridized carbons (Fsp3) is 0.750. The van der Waals surface area contributed by atoms with Crippen LogP contribution in [0, 0.1) is 5.92 Å². The first-order valence-electron chi connectivity index (χ1n) is 11.3. The van der Waals surface area contributed by atoms with Crippen molar-refractivity contribution < 1.29 is 19.1 Å². The van der Waals surface area contributed by atoms with Gasteiger partial charge in [0.25, 0.3) is 5.91 Å². The van der Waals surface area contributed by atoms with Gasteiger partial charge >= 0.3 is 6.03 Å². The zero-order valence-corrected chi connectivity index (χ0v) is 19.0. The summed E-state index contributed by atoms with van der Waals surface area (Å²) in [5.74, 6) is 0.619. The molecule has 1 aromatic heterocycles. The standard InChI is InChI=1S/C20H29N7O4S/c1-13-4-6-20(7-5-13)16(29)27(18(30)21-20)24-15(28)12-32-19-23-22-17(26(19)14-2-3-14)25-8-10-31-11-9-25/h13-14H,2-12H2,1H3,(H,21,30)(H,24,28). The molecule has 4 amide bonds. The highest BCUT2D eigenvalue weighted by Crippen LogP contribution is 2.41. The van der Waals surface area contributed by atoms with Gasteiger partial charge in [-0.3, -0.25) is 19.6 Å². The predicted octanol–water partition coefficient (Wildman–Crippen LogP) is 1.07. The highest BCUT2D eigenvalue weighted by Gasteiger charge is 2.52. The number of aromatic nitrogens is 3. The molecular weight excluding hydrogens is 434 g/mol. The number of nitrogens with one attached hydrogen (secondary N) is 2. The Morgan fingerprint density at radius 1 is 1.19 bits per heavy atom. The summed E-state index contributed by atoms with van der Waals surface area (Å²) in [6.45, 7) is 5.00. The van der Waals surface area contributed by atoms with Crippen molar-refractivity contribution in [3.05, 3.63) is 0 Å². The number of nitrogens with zero attached hydrogens (tertiary/aromatic N) is 5. The molecule has 2 saturated carbocycles. The Morgan fingerprint density at radius 2 is 1.91 bits per heavy atom. The number of imide groups is 1. The number of hydrogen-bond donors (Lipinski definition) is 2. The van der Waals surface area contributed by atoms with E-state index in [1.807, 2.05) is 0 Å². The number of thioether (sulfide) groups is 1. The number of urea groups is 1. The van der Waals surface area contributed by atoms with Crippen LogP contribution in [-0.2, 0) is 14.3 Å². The van der Waals surface area contributed by atoms with E-state index in [1.165, 1.54) is 11.8 Å². The van der Waals surface area contributed by atoms with Gasteiger partial charge in [0.05, 0.1) is 19.0 Å². The van der Waals surface area contributed by atoms with Crippen molar-refractivity contribution in [1.29, 1.82) is 0 Å². The number of rotatable bonds is 6. The molecule has 2 saturated heterocycles. The number of carbonyl (C=O) groups excluding carboxylic acids is 3. The summed E-state index contributed by atoms with van der Waals surface area (Å²) in [5.41, 5.74) is 1.62. The van der Waals surface area contributed by atoms with E-state index in [1.54, 1.807) is 0 Å². The van der Waals surface area contributed by atoms with E-state index in [2.05, 4.69) is 37.3 Å². The quantitative estimate of drug-likeness (QED) is 0.475. The Bertz CT molecular complexity index is 904.